The van der Waals surface area contributed by atoms with Gasteiger partial charge in [0.15, 0.2) is 6.29 Å². The Bertz CT molecular complexity index is 937. The molecule has 0 bridgehead atoms. The van der Waals surface area contributed by atoms with Gasteiger partial charge in [-0.15, -0.1) is 23.1 Å². The fraction of sp³-hybridized carbons (Fsp3) is 0.478. The van der Waals surface area contributed by atoms with Crippen LogP contribution in [-0.4, -0.2) is 30.5 Å². The maximum absolute atomic E-state index is 12.8. The fourth-order valence-corrected chi connectivity index (χ4v) is 7.03. The molecule has 9 heteroatoms. The molecule has 0 saturated carbocycles. The molecule has 3 heterocycles. The summed E-state index contributed by atoms with van der Waals surface area (Å²) >= 11 is 3.53. The predicted octanol–water partition coefficient (Wildman–Crippen LogP) is 4.10. The summed E-state index contributed by atoms with van der Waals surface area (Å²) in [7, 11) is 0. The van der Waals surface area contributed by atoms with Crippen molar-refractivity contribution in [2.24, 2.45) is 5.84 Å². The van der Waals surface area contributed by atoms with E-state index >= 15 is 0 Å². The maximum atomic E-state index is 12.8. The van der Waals surface area contributed by atoms with Crippen LogP contribution < -0.4 is 16.7 Å². The lowest BCUT2D eigenvalue weighted by atomic mass is 9.94. The van der Waals surface area contributed by atoms with E-state index in [4.69, 9.17) is 15.4 Å². The van der Waals surface area contributed by atoms with Gasteiger partial charge in [-0.2, -0.15) is 0 Å². The third-order valence-corrected chi connectivity index (χ3v) is 8.92. The predicted molar refractivity (Wildman–Crippen MR) is 127 cm³/mol. The SMILES string of the molecule is NNC(=O)c1cccc(-c2ccc([C@@]3(CC(=O)NOC4CCCCO4)CCCCS3)s2)c1. The monoisotopic (exact) mass is 475 g/mol. The van der Waals surface area contributed by atoms with Gasteiger partial charge in [0, 0.05) is 34.8 Å². The highest BCUT2D eigenvalue weighted by Gasteiger charge is 2.38. The van der Waals surface area contributed by atoms with Crippen molar-refractivity contribution in [3.05, 3.63) is 46.8 Å². The van der Waals surface area contributed by atoms with Crippen LogP contribution in [0.4, 0.5) is 0 Å². The minimum absolute atomic E-state index is 0.120. The molecule has 4 rings (SSSR count). The molecule has 7 nitrogen and oxygen atoms in total. The lowest BCUT2D eigenvalue weighted by molar-refractivity contribution is -0.200. The van der Waals surface area contributed by atoms with Crippen molar-refractivity contribution in [2.75, 3.05) is 12.4 Å². The van der Waals surface area contributed by atoms with Crippen LogP contribution in [0.2, 0.25) is 0 Å². The van der Waals surface area contributed by atoms with Gasteiger partial charge in [0.25, 0.3) is 5.91 Å². The van der Waals surface area contributed by atoms with Crippen LogP contribution in [0.25, 0.3) is 10.4 Å². The van der Waals surface area contributed by atoms with E-state index in [0.717, 1.165) is 54.7 Å². The number of thioether (sulfide) groups is 1. The number of hydrazine groups is 1. The van der Waals surface area contributed by atoms with E-state index in [1.165, 1.54) is 4.88 Å². The van der Waals surface area contributed by atoms with Gasteiger partial charge >= 0.3 is 0 Å². The van der Waals surface area contributed by atoms with E-state index in [1.54, 1.807) is 17.4 Å². The number of carbonyl (C=O) groups is 2. The first kappa shape index (κ1) is 23.3. The molecule has 1 aromatic heterocycles. The lowest BCUT2D eigenvalue weighted by Gasteiger charge is -2.35. The van der Waals surface area contributed by atoms with Crippen molar-refractivity contribution in [1.82, 2.24) is 10.9 Å². The highest BCUT2D eigenvalue weighted by atomic mass is 32.2. The van der Waals surface area contributed by atoms with Gasteiger partial charge in [0.2, 0.25) is 5.91 Å². The minimum Gasteiger partial charge on any atom is -0.350 e. The van der Waals surface area contributed by atoms with Gasteiger partial charge in [0.1, 0.15) is 0 Å². The zero-order chi connectivity index (χ0) is 22.4. The molecule has 2 aromatic rings. The summed E-state index contributed by atoms with van der Waals surface area (Å²) < 4.78 is 5.27. The Morgan fingerprint density at radius 1 is 1.19 bits per heavy atom. The topological polar surface area (TPSA) is 103 Å². The Balaban J connectivity index is 1.49. The van der Waals surface area contributed by atoms with Gasteiger partial charge in [-0.1, -0.05) is 18.6 Å². The second-order valence-corrected chi connectivity index (χ2v) is 10.7. The number of nitrogens with one attached hydrogen (secondary N) is 2. The summed E-state index contributed by atoms with van der Waals surface area (Å²) in [4.78, 5) is 32.4. The van der Waals surface area contributed by atoms with Crippen molar-refractivity contribution in [2.45, 2.75) is 56.0 Å². The van der Waals surface area contributed by atoms with Crippen LogP contribution in [0.5, 0.6) is 0 Å². The lowest BCUT2D eigenvalue weighted by Crippen LogP contribution is -2.37. The number of ether oxygens (including phenoxy) is 1. The third-order valence-electron chi connectivity index (χ3n) is 5.84. The fourth-order valence-electron chi connectivity index (χ4n) is 4.14. The number of nitrogen functional groups attached to an aromatic ring is 1. The summed E-state index contributed by atoms with van der Waals surface area (Å²) in [5.41, 5.74) is 6.28. The van der Waals surface area contributed by atoms with E-state index in [-0.39, 0.29) is 22.9 Å². The molecule has 32 heavy (non-hydrogen) atoms. The van der Waals surface area contributed by atoms with Gasteiger partial charge in [-0.3, -0.25) is 15.0 Å². The molecule has 2 aliphatic rings. The first-order valence-corrected chi connectivity index (χ1v) is 12.8. The number of rotatable bonds is 7. The average molecular weight is 476 g/mol. The van der Waals surface area contributed by atoms with Crippen LogP contribution in [0.3, 0.4) is 0 Å². The first-order valence-electron chi connectivity index (χ1n) is 11.0. The van der Waals surface area contributed by atoms with Gasteiger partial charge < -0.3 is 4.74 Å². The Hall–Kier alpha value is -1.91. The molecule has 2 aliphatic heterocycles. The third kappa shape index (κ3) is 5.52. The molecule has 1 unspecified atom stereocenters. The Morgan fingerprint density at radius 3 is 2.84 bits per heavy atom. The van der Waals surface area contributed by atoms with Crippen LogP contribution in [0.1, 0.15) is 60.2 Å². The first-order chi connectivity index (χ1) is 15.6. The Morgan fingerprint density at radius 2 is 2.09 bits per heavy atom. The number of benzene rings is 1. The second kappa shape index (κ2) is 10.8. The molecular formula is C23H29N3O4S2. The molecule has 0 spiro atoms. The number of amides is 2. The average Bonchev–Trinajstić information content (AvgIpc) is 3.35. The van der Waals surface area contributed by atoms with Crippen LogP contribution in [0.15, 0.2) is 36.4 Å². The molecule has 0 radical (unpaired) electrons. The van der Waals surface area contributed by atoms with E-state index < -0.39 is 0 Å². The minimum atomic E-state index is -0.353. The van der Waals surface area contributed by atoms with Gasteiger partial charge in [-0.25, -0.2) is 16.2 Å². The largest absolute Gasteiger partial charge is 0.350 e. The molecule has 1 aromatic carbocycles. The molecule has 0 aliphatic carbocycles. The van der Waals surface area contributed by atoms with Crippen LogP contribution in [-0.2, 0) is 19.1 Å². The van der Waals surface area contributed by atoms with Crippen molar-refractivity contribution in [3.8, 4) is 10.4 Å². The van der Waals surface area contributed by atoms with E-state index in [1.807, 2.05) is 30.0 Å². The van der Waals surface area contributed by atoms with Gasteiger partial charge in [-0.05, 0) is 61.3 Å². The number of thiophene rings is 1. The summed E-state index contributed by atoms with van der Waals surface area (Å²) in [5.74, 6) is 5.86. The van der Waals surface area contributed by atoms with Crippen LogP contribution >= 0.6 is 23.1 Å². The molecule has 2 saturated heterocycles. The van der Waals surface area contributed by atoms with E-state index in [9.17, 15) is 9.59 Å². The number of nitrogens with two attached hydrogens (primary N) is 1. The molecule has 172 valence electrons. The number of carbonyl (C=O) groups excluding carboxylic acids is 2. The molecule has 2 fully saturated rings. The zero-order valence-corrected chi connectivity index (χ0v) is 19.6. The Kier molecular flexibility index (Phi) is 7.85. The van der Waals surface area contributed by atoms with Crippen molar-refractivity contribution in [3.63, 3.8) is 0 Å². The van der Waals surface area contributed by atoms with Crippen molar-refractivity contribution in [1.29, 1.82) is 0 Å². The molecule has 4 N–H and O–H groups in total. The maximum Gasteiger partial charge on any atom is 0.265 e. The highest BCUT2D eigenvalue weighted by Crippen LogP contribution is 2.50. The second-order valence-electron chi connectivity index (χ2n) is 8.13. The number of hydroxylamine groups is 1. The number of hydrogen-bond acceptors (Lipinski definition) is 7. The summed E-state index contributed by atoms with van der Waals surface area (Å²) in [6, 6.07) is 11.6. The Labute approximate surface area is 196 Å². The highest BCUT2D eigenvalue weighted by molar-refractivity contribution is 8.00. The van der Waals surface area contributed by atoms with E-state index in [0.29, 0.717) is 18.6 Å². The molecular weight excluding hydrogens is 446 g/mol. The zero-order valence-electron chi connectivity index (χ0n) is 17.9. The smallest absolute Gasteiger partial charge is 0.265 e. The van der Waals surface area contributed by atoms with Crippen molar-refractivity contribution < 1.29 is 19.2 Å². The number of hydrogen-bond donors (Lipinski definition) is 3. The summed E-state index contributed by atoms with van der Waals surface area (Å²) in [5, 5.41) is 0. The van der Waals surface area contributed by atoms with E-state index in [2.05, 4.69) is 23.0 Å². The van der Waals surface area contributed by atoms with Crippen molar-refractivity contribution >= 4 is 34.9 Å². The quantitative estimate of drug-likeness (QED) is 0.317. The van der Waals surface area contributed by atoms with Gasteiger partial charge in [0.05, 0.1) is 4.75 Å². The summed E-state index contributed by atoms with van der Waals surface area (Å²) in [6.07, 6.45) is 6.09. The summed E-state index contributed by atoms with van der Waals surface area (Å²) in [6.45, 7) is 0.673. The standard InChI is InChI=1S/C23H29N3O4S2/c24-25-22(28)17-7-5-6-16(14-17)18-9-10-19(32-18)23(11-2-4-13-31-23)15-20(27)26-30-21-8-1-3-12-29-21/h5-7,9-10,14,21H,1-4,8,11-13,15,24H2,(H,25,28)(H,26,27)/t21?,23-/m0/s1. The van der Waals surface area contributed by atoms with Crippen LogP contribution in [0, 0.1) is 0 Å². The molecule has 2 amide bonds. The normalized spacial score (nSPS) is 23.5. The molecule has 2 atom stereocenters.